The third-order valence-electron chi connectivity index (χ3n) is 2.92. The van der Waals surface area contributed by atoms with Crippen molar-refractivity contribution in [2.45, 2.75) is 6.92 Å². The number of methoxy groups -OCH3 is 1. The second kappa shape index (κ2) is 7.00. The fraction of sp³-hybridized carbons (Fsp3) is 0.267. The number of nitriles is 1. The van der Waals surface area contributed by atoms with E-state index in [4.69, 9.17) is 9.47 Å². The summed E-state index contributed by atoms with van der Waals surface area (Å²) in [5.41, 5.74) is 0.413. The van der Waals surface area contributed by atoms with E-state index in [1.165, 1.54) is 4.90 Å². The molecule has 1 aromatic rings. The number of carbonyl (C=O) groups excluding carboxylic acids is 2. The lowest BCUT2D eigenvalue weighted by Gasteiger charge is -2.18. The third-order valence-corrected chi connectivity index (χ3v) is 3.97. The van der Waals surface area contributed by atoms with E-state index in [1.807, 2.05) is 6.07 Å². The lowest BCUT2D eigenvalue weighted by atomic mass is 10.2. The van der Waals surface area contributed by atoms with E-state index < -0.39 is 5.97 Å². The average molecular weight is 318 g/mol. The highest BCUT2D eigenvalue weighted by molar-refractivity contribution is 8.04. The van der Waals surface area contributed by atoms with Gasteiger partial charge >= 0.3 is 5.97 Å². The number of rotatable bonds is 4. The molecule has 7 heteroatoms. The summed E-state index contributed by atoms with van der Waals surface area (Å²) in [4.78, 5) is 25.4. The molecular formula is C15H14N2O4S. The Labute approximate surface area is 132 Å². The van der Waals surface area contributed by atoms with Crippen LogP contribution in [0.4, 0.5) is 5.69 Å². The molecule has 0 spiro atoms. The Bertz CT molecular complexity index is 661. The predicted octanol–water partition coefficient (Wildman–Crippen LogP) is 2.07. The second-order valence-corrected chi connectivity index (χ2v) is 5.19. The zero-order chi connectivity index (χ0) is 16.1. The van der Waals surface area contributed by atoms with Gasteiger partial charge in [-0.05, 0) is 31.2 Å². The third kappa shape index (κ3) is 3.07. The van der Waals surface area contributed by atoms with Gasteiger partial charge in [-0.3, -0.25) is 9.69 Å². The predicted molar refractivity (Wildman–Crippen MR) is 82.2 cm³/mol. The molecule has 0 aromatic heterocycles. The first kappa shape index (κ1) is 15.9. The molecule has 0 unspecified atom stereocenters. The molecule has 2 rings (SSSR count). The Hall–Kier alpha value is -2.46. The number of hydrogen-bond donors (Lipinski definition) is 0. The molecule has 1 aromatic carbocycles. The minimum absolute atomic E-state index is 0.159. The molecule has 0 N–H and O–H groups in total. The normalized spacial score (nSPS) is 16.2. The maximum absolute atomic E-state index is 12.1. The molecule has 0 atom stereocenters. The molecule has 1 aliphatic rings. The van der Waals surface area contributed by atoms with Gasteiger partial charge in [0.1, 0.15) is 16.8 Å². The van der Waals surface area contributed by atoms with Crippen molar-refractivity contribution in [3.63, 3.8) is 0 Å². The molecule has 1 aliphatic heterocycles. The first-order valence-corrected chi connectivity index (χ1v) is 7.52. The highest BCUT2D eigenvalue weighted by Crippen LogP contribution is 2.36. The fourth-order valence-corrected chi connectivity index (χ4v) is 2.93. The SMILES string of the molecule is CCOC(=O)C(C#N)=C1SCC(=O)N1c1ccc(OC)cc1. The number of esters is 1. The van der Waals surface area contributed by atoms with Crippen molar-refractivity contribution < 1.29 is 19.1 Å². The van der Waals surface area contributed by atoms with E-state index in [9.17, 15) is 14.9 Å². The van der Waals surface area contributed by atoms with Crippen LogP contribution in [0.1, 0.15) is 6.92 Å². The van der Waals surface area contributed by atoms with Crippen molar-refractivity contribution in [3.8, 4) is 11.8 Å². The topological polar surface area (TPSA) is 79.6 Å². The van der Waals surface area contributed by atoms with E-state index in [2.05, 4.69) is 0 Å². The van der Waals surface area contributed by atoms with E-state index >= 15 is 0 Å². The van der Waals surface area contributed by atoms with Crippen molar-refractivity contribution in [1.29, 1.82) is 5.26 Å². The Balaban J connectivity index is 2.44. The van der Waals surface area contributed by atoms with Crippen molar-refractivity contribution in [3.05, 3.63) is 34.9 Å². The molecule has 6 nitrogen and oxygen atoms in total. The van der Waals surface area contributed by atoms with E-state index in [-0.39, 0.29) is 23.8 Å². The average Bonchev–Trinajstić information content (AvgIpc) is 2.90. The van der Waals surface area contributed by atoms with Crippen LogP contribution in [0.25, 0.3) is 0 Å². The Morgan fingerprint density at radius 3 is 2.64 bits per heavy atom. The van der Waals surface area contributed by atoms with Gasteiger partial charge in [0.25, 0.3) is 0 Å². The molecule has 0 bridgehead atoms. The first-order chi connectivity index (χ1) is 10.6. The summed E-state index contributed by atoms with van der Waals surface area (Å²) in [5.74, 6) is -0.0891. The number of thioether (sulfide) groups is 1. The molecule has 0 saturated carbocycles. The standard InChI is InChI=1S/C15H14N2O4S/c1-3-21-15(19)12(8-16)14-17(13(18)9-22-14)10-4-6-11(20-2)7-5-10/h4-7H,3,9H2,1-2H3. The monoisotopic (exact) mass is 318 g/mol. The lowest BCUT2D eigenvalue weighted by Crippen LogP contribution is -2.26. The summed E-state index contributed by atoms with van der Waals surface area (Å²) < 4.78 is 9.95. The van der Waals surface area contributed by atoms with Gasteiger partial charge < -0.3 is 9.47 Å². The lowest BCUT2D eigenvalue weighted by molar-refractivity contribution is -0.138. The van der Waals surface area contributed by atoms with Crippen LogP contribution in [0, 0.1) is 11.3 Å². The first-order valence-electron chi connectivity index (χ1n) is 6.53. The van der Waals surface area contributed by atoms with E-state index in [0.717, 1.165) is 11.8 Å². The Kier molecular flexibility index (Phi) is 5.07. The van der Waals surface area contributed by atoms with Crippen LogP contribution < -0.4 is 9.64 Å². The number of carbonyl (C=O) groups is 2. The molecule has 22 heavy (non-hydrogen) atoms. The van der Waals surface area contributed by atoms with Crippen LogP contribution in [-0.2, 0) is 14.3 Å². The maximum atomic E-state index is 12.1. The minimum atomic E-state index is -0.722. The molecule has 1 saturated heterocycles. The summed E-state index contributed by atoms with van der Waals surface area (Å²) in [6.07, 6.45) is 0. The number of nitrogens with zero attached hydrogens (tertiary/aromatic N) is 2. The number of ether oxygens (including phenoxy) is 2. The van der Waals surface area contributed by atoms with Gasteiger partial charge in [-0.15, -0.1) is 0 Å². The molecule has 1 fully saturated rings. The van der Waals surface area contributed by atoms with Gasteiger partial charge in [-0.25, -0.2) is 4.79 Å². The highest BCUT2D eigenvalue weighted by Gasteiger charge is 2.33. The fourth-order valence-electron chi connectivity index (χ4n) is 1.93. The van der Waals surface area contributed by atoms with Crippen LogP contribution in [0.15, 0.2) is 34.9 Å². The van der Waals surface area contributed by atoms with Crippen molar-refractivity contribution in [2.75, 3.05) is 24.4 Å². The summed E-state index contributed by atoms with van der Waals surface area (Å²) in [7, 11) is 1.55. The molecule has 0 radical (unpaired) electrons. The quantitative estimate of drug-likeness (QED) is 0.480. The number of anilines is 1. The summed E-state index contributed by atoms with van der Waals surface area (Å²) in [6, 6.07) is 8.65. The van der Waals surface area contributed by atoms with Gasteiger partial charge in [-0.1, -0.05) is 11.8 Å². The van der Waals surface area contributed by atoms with Gasteiger partial charge in [-0.2, -0.15) is 5.26 Å². The molecule has 114 valence electrons. The van der Waals surface area contributed by atoms with Gasteiger partial charge in [0.05, 0.1) is 19.5 Å². The van der Waals surface area contributed by atoms with Crippen molar-refractivity contribution >= 4 is 29.3 Å². The van der Waals surface area contributed by atoms with Crippen LogP contribution >= 0.6 is 11.8 Å². The number of amides is 1. The minimum Gasteiger partial charge on any atom is -0.497 e. The summed E-state index contributed by atoms with van der Waals surface area (Å²) >= 11 is 1.15. The van der Waals surface area contributed by atoms with Gasteiger partial charge in [0.2, 0.25) is 5.91 Å². The molecule has 0 aliphatic carbocycles. The van der Waals surface area contributed by atoms with Crippen LogP contribution in [0.2, 0.25) is 0 Å². The molecule has 1 amide bonds. The Morgan fingerprint density at radius 2 is 2.09 bits per heavy atom. The molecule has 1 heterocycles. The van der Waals surface area contributed by atoms with Crippen LogP contribution in [0.5, 0.6) is 5.75 Å². The van der Waals surface area contributed by atoms with Crippen LogP contribution in [-0.4, -0.2) is 31.3 Å². The zero-order valence-electron chi connectivity index (χ0n) is 12.2. The maximum Gasteiger partial charge on any atom is 0.351 e. The van der Waals surface area contributed by atoms with Crippen molar-refractivity contribution in [1.82, 2.24) is 0 Å². The van der Waals surface area contributed by atoms with Gasteiger partial charge in [0, 0.05) is 5.69 Å². The smallest absolute Gasteiger partial charge is 0.351 e. The van der Waals surface area contributed by atoms with E-state index in [1.54, 1.807) is 38.3 Å². The van der Waals surface area contributed by atoms with Gasteiger partial charge in [0.15, 0.2) is 5.57 Å². The largest absolute Gasteiger partial charge is 0.497 e. The molecular weight excluding hydrogens is 304 g/mol. The highest BCUT2D eigenvalue weighted by atomic mass is 32.2. The van der Waals surface area contributed by atoms with Crippen molar-refractivity contribution in [2.24, 2.45) is 0 Å². The second-order valence-electron chi connectivity index (χ2n) is 4.23. The summed E-state index contributed by atoms with van der Waals surface area (Å²) in [6.45, 7) is 1.82. The Morgan fingerprint density at radius 1 is 1.41 bits per heavy atom. The summed E-state index contributed by atoms with van der Waals surface area (Å²) in [5, 5.41) is 9.54. The number of benzene rings is 1. The van der Waals surface area contributed by atoms with Crippen LogP contribution in [0.3, 0.4) is 0 Å². The van der Waals surface area contributed by atoms with E-state index in [0.29, 0.717) is 16.5 Å². The zero-order valence-corrected chi connectivity index (χ0v) is 13.0. The number of hydrogen-bond acceptors (Lipinski definition) is 6.